The number of nitrogens with zero attached hydrogens (tertiary/aromatic N) is 2. The zero-order valence-electron chi connectivity index (χ0n) is 35.4. The number of hydrogen-bond acceptors (Lipinski definition) is 3. The second kappa shape index (κ2) is 10.6. The third kappa shape index (κ3) is 4.94. The van der Waals surface area contributed by atoms with E-state index in [0.29, 0.717) is 11.1 Å². The molecule has 4 heterocycles. The highest BCUT2D eigenvalue weighted by Gasteiger charge is 2.32. The van der Waals surface area contributed by atoms with Gasteiger partial charge in [-0.25, -0.2) is 0 Å². The first kappa shape index (κ1) is 35.7. The Morgan fingerprint density at radius 1 is 0.455 bits per heavy atom. The van der Waals surface area contributed by atoms with Gasteiger partial charge in [0.1, 0.15) is 22.8 Å². The number of furan rings is 2. The predicted octanol–water partition coefficient (Wildman–Crippen LogP) is 15.0. The molecule has 5 aromatic carbocycles. The summed E-state index contributed by atoms with van der Waals surface area (Å²) in [5.41, 5.74) is 13.0. The maximum atomic E-state index is 10.8. The molecule has 4 nitrogen and oxygen atoms in total. The van der Waals surface area contributed by atoms with E-state index < -0.39 is 0 Å². The highest BCUT2D eigenvalue weighted by Crippen LogP contribution is 2.51. The molecule has 0 aliphatic carbocycles. The number of hydrogen-bond donors (Lipinski definition) is 0. The first-order chi connectivity index (χ1) is 25.4. The van der Waals surface area contributed by atoms with Gasteiger partial charge in [-0.3, -0.25) is 0 Å². The zero-order valence-corrected chi connectivity index (χ0v) is 35.4. The Labute approximate surface area is 324 Å². The molecule has 0 fully saturated rings. The molecular formula is C51H54N2O2. The molecule has 280 valence electrons. The van der Waals surface area contributed by atoms with Crippen LogP contribution in [-0.2, 0) is 27.1 Å². The topological polar surface area (TPSA) is 54.5 Å². The summed E-state index contributed by atoms with van der Waals surface area (Å²) in [5, 5.41) is 20.0. The smallest absolute Gasteiger partial charge is 0.153 e. The molecule has 0 aliphatic heterocycles. The number of nitriles is 1. The lowest BCUT2D eigenvalue weighted by Crippen LogP contribution is -2.16. The third-order valence-electron chi connectivity index (χ3n) is 12.2. The minimum Gasteiger partial charge on any atom is -0.456 e. The van der Waals surface area contributed by atoms with Crippen LogP contribution in [0, 0.1) is 11.3 Å². The molecule has 0 amide bonds. The largest absolute Gasteiger partial charge is 0.456 e. The normalized spacial score (nSPS) is 14.1. The number of fused-ring (bicyclic) bond motifs is 14. The number of rotatable bonds is 0. The Bertz CT molecular complexity index is 3150. The van der Waals surface area contributed by atoms with E-state index in [0.717, 1.165) is 49.3 Å². The quantitative estimate of drug-likeness (QED) is 0.156. The average Bonchev–Trinajstić information content (AvgIpc) is 3.80. The van der Waals surface area contributed by atoms with E-state index in [1.807, 2.05) is 0 Å². The lowest BCUT2D eigenvalue weighted by atomic mass is 9.79. The molecule has 0 N–H and O–H groups in total. The SMILES string of the molecule is CC(C)(C)c1cc(C(C)(C)C)c2oc3ccc4c(c5cc(C(C)(C)C)cc6c7c8c(oc9c(C(C)(C)C)cc(C(C)(C)C)cc98)c(C#N)cc7n4c56)c3c2c1. The van der Waals surface area contributed by atoms with Gasteiger partial charge in [-0.2, -0.15) is 5.26 Å². The monoisotopic (exact) mass is 726 g/mol. The predicted molar refractivity (Wildman–Crippen MR) is 234 cm³/mol. The Kier molecular flexibility index (Phi) is 6.90. The maximum absolute atomic E-state index is 10.8. The molecule has 0 bridgehead atoms. The molecule has 4 aromatic heterocycles. The molecule has 9 rings (SSSR count). The van der Waals surface area contributed by atoms with Crippen LogP contribution in [0.15, 0.2) is 63.4 Å². The zero-order chi connectivity index (χ0) is 39.7. The summed E-state index contributed by atoms with van der Waals surface area (Å²) in [6.07, 6.45) is 0. The summed E-state index contributed by atoms with van der Waals surface area (Å²) in [6.45, 7) is 34.2. The standard InChI is InChI=1S/C51H54N2O2/c1-47(2,3)27-19-30-39-36(16-17-38-41(39)32-21-28(48(4,5)6)23-34(45(32)54-38)50(10,11)12)53-37-18-26(25-52)44-42(40(37)31(20-27)43(30)53)33-22-29(49(7,8)9)24-35(46(33)55-44)51(13,14)15/h16-24H,1-15H3. The fourth-order valence-electron chi connectivity index (χ4n) is 9.03. The summed E-state index contributed by atoms with van der Waals surface area (Å²) in [7, 11) is 0. The van der Waals surface area contributed by atoms with Gasteiger partial charge in [-0.05, 0) is 86.2 Å². The lowest BCUT2D eigenvalue weighted by Gasteiger charge is -2.25. The molecule has 0 aliphatic rings. The Morgan fingerprint density at radius 2 is 0.909 bits per heavy atom. The first-order valence-electron chi connectivity index (χ1n) is 19.9. The number of aromatic nitrogens is 1. The second-order valence-corrected chi connectivity index (χ2v) is 21.5. The first-order valence-corrected chi connectivity index (χ1v) is 19.9. The molecule has 0 radical (unpaired) electrons. The molecule has 9 aromatic rings. The van der Waals surface area contributed by atoms with Crippen LogP contribution in [0.3, 0.4) is 0 Å². The fourth-order valence-corrected chi connectivity index (χ4v) is 9.03. The van der Waals surface area contributed by atoms with Crippen LogP contribution >= 0.6 is 0 Å². The van der Waals surface area contributed by atoms with Crippen molar-refractivity contribution < 1.29 is 8.83 Å². The van der Waals surface area contributed by atoms with Crippen molar-refractivity contribution in [3.8, 4) is 6.07 Å². The molecule has 55 heavy (non-hydrogen) atoms. The molecule has 0 saturated heterocycles. The van der Waals surface area contributed by atoms with Crippen molar-refractivity contribution in [1.29, 1.82) is 5.26 Å². The Morgan fingerprint density at radius 3 is 1.40 bits per heavy atom. The molecule has 0 spiro atoms. The third-order valence-corrected chi connectivity index (χ3v) is 12.2. The van der Waals surface area contributed by atoms with Crippen molar-refractivity contribution in [3.63, 3.8) is 0 Å². The van der Waals surface area contributed by atoms with Gasteiger partial charge in [0, 0.05) is 54.2 Å². The summed E-state index contributed by atoms with van der Waals surface area (Å²) >= 11 is 0. The van der Waals surface area contributed by atoms with Gasteiger partial charge < -0.3 is 13.2 Å². The van der Waals surface area contributed by atoms with Gasteiger partial charge in [0.15, 0.2) is 5.58 Å². The molecule has 4 heteroatoms. The number of benzene rings is 5. The van der Waals surface area contributed by atoms with E-state index in [2.05, 4.69) is 169 Å². The van der Waals surface area contributed by atoms with Crippen molar-refractivity contribution >= 4 is 82.0 Å². The highest BCUT2D eigenvalue weighted by atomic mass is 16.3. The van der Waals surface area contributed by atoms with Gasteiger partial charge in [-0.15, -0.1) is 0 Å². The van der Waals surface area contributed by atoms with E-state index in [4.69, 9.17) is 8.83 Å². The summed E-state index contributed by atoms with van der Waals surface area (Å²) in [5.74, 6) is 0. The summed E-state index contributed by atoms with van der Waals surface area (Å²) in [4.78, 5) is 0. The van der Waals surface area contributed by atoms with Crippen LogP contribution in [0.25, 0.3) is 82.0 Å². The van der Waals surface area contributed by atoms with Gasteiger partial charge in [0.25, 0.3) is 0 Å². The average molecular weight is 727 g/mol. The van der Waals surface area contributed by atoms with Crippen LogP contribution in [0.1, 0.15) is 137 Å². The fraction of sp³-hybridized carbons (Fsp3) is 0.392. The van der Waals surface area contributed by atoms with Crippen molar-refractivity contribution in [3.05, 3.63) is 88.0 Å². The Hall–Kier alpha value is -5.01. The Balaban J connectivity index is 1.57. The van der Waals surface area contributed by atoms with Crippen molar-refractivity contribution in [2.75, 3.05) is 0 Å². The summed E-state index contributed by atoms with van der Waals surface area (Å²) < 4.78 is 16.2. The van der Waals surface area contributed by atoms with Crippen LogP contribution in [-0.4, -0.2) is 4.40 Å². The summed E-state index contributed by atoms with van der Waals surface area (Å²) in [6, 6.07) is 23.3. The van der Waals surface area contributed by atoms with E-state index in [1.54, 1.807) is 0 Å². The molecule has 0 saturated carbocycles. The van der Waals surface area contributed by atoms with Crippen molar-refractivity contribution in [2.24, 2.45) is 0 Å². The minimum atomic E-state index is -0.164. The van der Waals surface area contributed by atoms with Gasteiger partial charge in [-0.1, -0.05) is 116 Å². The highest BCUT2D eigenvalue weighted by molar-refractivity contribution is 6.36. The minimum absolute atomic E-state index is 0.0389. The maximum Gasteiger partial charge on any atom is 0.153 e. The van der Waals surface area contributed by atoms with Crippen LogP contribution < -0.4 is 0 Å². The van der Waals surface area contributed by atoms with Crippen LogP contribution in [0.5, 0.6) is 0 Å². The van der Waals surface area contributed by atoms with E-state index in [9.17, 15) is 5.26 Å². The van der Waals surface area contributed by atoms with Crippen LogP contribution in [0.2, 0.25) is 0 Å². The molecular weight excluding hydrogens is 673 g/mol. The van der Waals surface area contributed by atoms with Crippen LogP contribution in [0.4, 0.5) is 0 Å². The van der Waals surface area contributed by atoms with Crippen molar-refractivity contribution in [1.82, 2.24) is 4.40 Å². The van der Waals surface area contributed by atoms with Gasteiger partial charge in [0.05, 0.1) is 22.1 Å². The van der Waals surface area contributed by atoms with Crippen molar-refractivity contribution in [2.45, 2.75) is 131 Å². The van der Waals surface area contributed by atoms with Gasteiger partial charge in [0.2, 0.25) is 0 Å². The lowest BCUT2D eigenvalue weighted by molar-refractivity contribution is 0.558. The molecule has 0 unspecified atom stereocenters. The van der Waals surface area contributed by atoms with E-state index in [1.165, 1.54) is 54.9 Å². The van der Waals surface area contributed by atoms with E-state index >= 15 is 0 Å². The molecule has 0 atom stereocenters. The van der Waals surface area contributed by atoms with Gasteiger partial charge >= 0.3 is 0 Å². The second-order valence-electron chi connectivity index (χ2n) is 21.5. The van der Waals surface area contributed by atoms with E-state index in [-0.39, 0.29) is 27.1 Å².